The zero-order valence-electron chi connectivity index (χ0n) is 11.8. The van der Waals surface area contributed by atoms with Crippen LogP contribution < -0.4 is 5.32 Å². The van der Waals surface area contributed by atoms with E-state index in [0.29, 0.717) is 13.0 Å². The Kier molecular flexibility index (Phi) is 4.25. The second kappa shape index (κ2) is 5.74. The van der Waals surface area contributed by atoms with Crippen molar-refractivity contribution >= 4 is 5.97 Å². The lowest BCUT2D eigenvalue weighted by atomic mass is 9.77. The van der Waals surface area contributed by atoms with Gasteiger partial charge in [-0.2, -0.15) is 0 Å². The quantitative estimate of drug-likeness (QED) is 0.856. The molecule has 1 aromatic carbocycles. The average molecular weight is 261 g/mol. The molecule has 0 aliphatic heterocycles. The minimum atomic E-state index is -0.796. The molecular weight excluding hydrogens is 238 g/mol. The molecule has 1 atom stereocenters. The number of hydrogen-bond donors (Lipinski definition) is 2. The molecule has 0 saturated carbocycles. The number of aryl methyl sites for hydroxylation is 2. The number of carboxylic acid groups (broad SMARTS) is 1. The van der Waals surface area contributed by atoms with Crippen LogP contribution in [0.1, 0.15) is 42.9 Å². The van der Waals surface area contributed by atoms with Crippen LogP contribution in [-0.2, 0) is 23.1 Å². The maximum Gasteiger partial charge on any atom is 0.313 e. The molecule has 1 aliphatic carbocycles. The van der Waals surface area contributed by atoms with Crippen LogP contribution in [0.25, 0.3) is 0 Å². The van der Waals surface area contributed by atoms with Crippen molar-refractivity contribution in [2.45, 2.75) is 44.4 Å². The fourth-order valence-electron chi connectivity index (χ4n) is 2.83. The molecule has 3 heteroatoms. The molecule has 3 nitrogen and oxygen atoms in total. The van der Waals surface area contributed by atoms with Crippen molar-refractivity contribution in [1.82, 2.24) is 5.32 Å². The third-order valence-corrected chi connectivity index (χ3v) is 4.33. The summed E-state index contributed by atoms with van der Waals surface area (Å²) in [5.74, 6) is -0.737. The van der Waals surface area contributed by atoms with E-state index in [9.17, 15) is 9.90 Å². The first-order valence-electron chi connectivity index (χ1n) is 7.08. The number of rotatable bonds is 5. The highest BCUT2D eigenvalue weighted by atomic mass is 16.4. The molecule has 104 valence electrons. The molecule has 0 bridgehead atoms. The number of carboxylic acids is 1. The number of nitrogens with one attached hydrogen (secondary N) is 1. The topological polar surface area (TPSA) is 49.3 Å². The van der Waals surface area contributed by atoms with Crippen LogP contribution in [0.15, 0.2) is 18.2 Å². The molecular formula is C16H23NO2. The SMILES string of the molecule is CNCCC(C)(C(=O)O)c1ccc2c(c1)CCCC2. The summed E-state index contributed by atoms with van der Waals surface area (Å²) in [5, 5.41) is 12.6. The van der Waals surface area contributed by atoms with Gasteiger partial charge in [0.05, 0.1) is 5.41 Å². The van der Waals surface area contributed by atoms with Crippen LogP contribution in [0.3, 0.4) is 0 Å². The molecule has 0 amide bonds. The van der Waals surface area contributed by atoms with Crippen LogP contribution in [0.4, 0.5) is 0 Å². The van der Waals surface area contributed by atoms with Gasteiger partial charge in [-0.15, -0.1) is 0 Å². The van der Waals surface area contributed by atoms with Crippen LogP contribution >= 0.6 is 0 Å². The molecule has 19 heavy (non-hydrogen) atoms. The standard InChI is InChI=1S/C16H23NO2/c1-16(15(18)19,9-10-17-2)14-8-7-12-5-3-4-6-13(12)11-14/h7-8,11,17H,3-6,9-10H2,1-2H3,(H,18,19). The Labute approximate surface area is 115 Å². The van der Waals surface area contributed by atoms with E-state index in [2.05, 4.69) is 17.4 Å². The number of fused-ring (bicyclic) bond motifs is 1. The summed E-state index contributed by atoms with van der Waals surface area (Å²) in [6.45, 7) is 2.54. The molecule has 2 N–H and O–H groups in total. The van der Waals surface area contributed by atoms with E-state index in [4.69, 9.17) is 0 Å². The Morgan fingerprint density at radius 1 is 1.32 bits per heavy atom. The summed E-state index contributed by atoms with van der Waals surface area (Å²) in [4.78, 5) is 11.7. The summed E-state index contributed by atoms with van der Waals surface area (Å²) < 4.78 is 0. The van der Waals surface area contributed by atoms with Gasteiger partial charge in [0.15, 0.2) is 0 Å². The van der Waals surface area contributed by atoms with E-state index in [1.807, 2.05) is 20.0 Å². The average Bonchev–Trinajstić information content (AvgIpc) is 2.44. The summed E-state index contributed by atoms with van der Waals surface area (Å²) in [6.07, 6.45) is 5.30. The Bertz CT molecular complexity index is 470. The van der Waals surface area contributed by atoms with E-state index < -0.39 is 11.4 Å². The minimum absolute atomic E-state index is 0.609. The van der Waals surface area contributed by atoms with E-state index >= 15 is 0 Å². The van der Waals surface area contributed by atoms with Crippen LogP contribution in [0.2, 0.25) is 0 Å². The fraction of sp³-hybridized carbons (Fsp3) is 0.562. The van der Waals surface area contributed by atoms with Gasteiger partial charge in [0, 0.05) is 0 Å². The highest BCUT2D eigenvalue weighted by molar-refractivity contribution is 5.81. The predicted molar refractivity (Wildman–Crippen MR) is 76.6 cm³/mol. The van der Waals surface area contributed by atoms with Crippen molar-refractivity contribution in [3.8, 4) is 0 Å². The normalized spacial score (nSPS) is 17.6. The van der Waals surface area contributed by atoms with Crippen LogP contribution in [0, 0.1) is 0 Å². The minimum Gasteiger partial charge on any atom is -0.481 e. The molecule has 0 saturated heterocycles. The highest BCUT2D eigenvalue weighted by Gasteiger charge is 2.35. The van der Waals surface area contributed by atoms with Crippen molar-refractivity contribution in [2.75, 3.05) is 13.6 Å². The lowest BCUT2D eigenvalue weighted by Crippen LogP contribution is -2.35. The molecule has 1 unspecified atom stereocenters. The van der Waals surface area contributed by atoms with Gasteiger partial charge in [-0.05, 0) is 69.3 Å². The van der Waals surface area contributed by atoms with Crippen molar-refractivity contribution < 1.29 is 9.90 Å². The van der Waals surface area contributed by atoms with Crippen molar-refractivity contribution in [1.29, 1.82) is 0 Å². The Balaban J connectivity index is 2.34. The molecule has 0 spiro atoms. The monoisotopic (exact) mass is 261 g/mol. The zero-order valence-corrected chi connectivity index (χ0v) is 11.8. The second-order valence-corrected chi connectivity index (χ2v) is 5.68. The van der Waals surface area contributed by atoms with E-state index in [1.54, 1.807) is 0 Å². The van der Waals surface area contributed by atoms with Gasteiger partial charge in [-0.3, -0.25) is 4.79 Å². The smallest absolute Gasteiger partial charge is 0.313 e. The second-order valence-electron chi connectivity index (χ2n) is 5.68. The molecule has 0 fully saturated rings. The largest absolute Gasteiger partial charge is 0.481 e. The highest BCUT2D eigenvalue weighted by Crippen LogP contribution is 2.31. The molecule has 1 aliphatic rings. The van der Waals surface area contributed by atoms with Crippen molar-refractivity contribution in [3.05, 3.63) is 34.9 Å². The molecule has 0 heterocycles. The maximum absolute atomic E-state index is 11.7. The van der Waals surface area contributed by atoms with Gasteiger partial charge in [0.1, 0.15) is 0 Å². The first-order chi connectivity index (χ1) is 9.08. The third-order valence-electron chi connectivity index (χ3n) is 4.33. The molecule has 1 aromatic rings. The summed E-state index contributed by atoms with van der Waals surface area (Å²) in [5.41, 5.74) is 2.89. The van der Waals surface area contributed by atoms with Gasteiger partial charge < -0.3 is 10.4 Å². The first kappa shape index (κ1) is 14.1. The first-order valence-corrected chi connectivity index (χ1v) is 7.08. The molecule has 2 rings (SSSR count). The third kappa shape index (κ3) is 2.81. The van der Waals surface area contributed by atoms with Crippen molar-refractivity contribution in [3.63, 3.8) is 0 Å². The Morgan fingerprint density at radius 2 is 2.00 bits per heavy atom. The summed E-state index contributed by atoms with van der Waals surface area (Å²) >= 11 is 0. The maximum atomic E-state index is 11.7. The lowest BCUT2D eigenvalue weighted by Gasteiger charge is -2.27. The van der Waals surface area contributed by atoms with E-state index in [0.717, 1.165) is 18.4 Å². The lowest BCUT2D eigenvalue weighted by molar-refractivity contribution is -0.143. The van der Waals surface area contributed by atoms with E-state index in [1.165, 1.54) is 24.0 Å². The van der Waals surface area contributed by atoms with Gasteiger partial charge in [0.25, 0.3) is 0 Å². The van der Waals surface area contributed by atoms with Gasteiger partial charge in [-0.25, -0.2) is 0 Å². The number of hydrogen-bond acceptors (Lipinski definition) is 2. The van der Waals surface area contributed by atoms with Gasteiger partial charge in [-0.1, -0.05) is 18.2 Å². The predicted octanol–water partition coefficient (Wildman–Crippen LogP) is 2.52. The fourth-order valence-corrected chi connectivity index (χ4v) is 2.83. The Hall–Kier alpha value is -1.35. The van der Waals surface area contributed by atoms with E-state index in [-0.39, 0.29) is 0 Å². The number of aliphatic carboxylic acids is 1. The van der Waals surface area contributed by atoms with Crippen LogP contribution in [-0.4, -0.2) is 24.7 Å². The van der Waals surface area contributed by atoms with Gasteiger partial charge >= 0.3 is 5.97 Å². The van der Waals surface area contributed by atoms with Crippen molar-refractivity contribution in [2.24, 2.45) is 0 Å². The number of benzene rings is 1. The van der Waals surface area contributed by atoms with Gasteiger partial charge in [0.2, 0.25) is 0 Å². The van der Waals surface area contributed by atoms with Crippen LogP contribution in [0.5, 0.6) is 0 Å². The zero-order chi connectivity index (χ0) is 13.9. The summed E-state index contributed by atoms with van der Waals surface area (Å²) in [7, 11) is 1.86. The molecule has 0 aromatic heterocycles. The summed E-state index contributed by atoms with van der Waals surface area (Å²) in [6, 6.07) is 6.26. The number of carbonyl (C=O) groups is 1. The Morgan fingerprint density at radius 3 is 2.63 bits per heavy atom. The molecule has 0 radical (unpaired) electrons.